The first-order valence-corrected chi connectivity index (χ1v) is 14.1. The number of fused-ring (bicyclic) bond motifs is 1. The van der Waals surface area contributed by atoms with Gasteiger partial charge in [0.15, 0.2) is 0 Å². The molecule has 3 aromatic carbocycles. The molecule has 9 heteroatoms. The van der Waals surface area contributed by atoms with Gasteiger partial charge in [-0.05, 0) is 47.7 Å². The summed E-state index contributed by atoms with van der Waals surface area (Å²) in [5.41, 5.74) is 3.96. The van der Waals surface area contributed by atoms with Crippen molar-refractivity contribution in [2.75, 3.05) is 19.6 Å². The van der Waals surface area contributed by atoms with Crippen LogP contribution in [0.5, 0.6) is 5.75 Å². The monoisotopic (exact) mass is 555 g/mol. The summed E-state index contributed by atoms with van der Waals surface area (Å²) in [7, 11) is 0. The molecule has 0 aromatic heterocycles. The van der Waals surface area contributed by atoms with Gasteiger partial charge in [0, 0.05) is 26.1 Å². The molecule has 2 aliphatic rings. The molecule has 2 fully saturated rings. The van der Waals surface area contributed by atoms with E-state index in [1.54, 1.807) is 34.2 Å². The zero-order chi connectivity index (χ0) is 28.9. The van der Waals surface area contributed by atoms with Crippen LogP contribution in [-0.2, 0) is 29.1 Å². The smallest absolute Gasteiger partial charge is 0.332 e. The SMILES string of the molecule is CCCN(C(=O)NCc1ccccc1)N1CC(=O)N2[C@@H](Cc3ccc(O)cc3)C(=O)N(Cc3ccccc3C)C[C@@H]21. The van der Waals surface area contributed by atoms with Crippen LogP contribution >= 0.6 is 0 Å². The summed E-state index contributed by atoms with van der Waals surface area (Å²) >= 11 is 0. The molecule has 214 valence electrons. The van der Waals surface area contributed by atoms with Gasteiger partial charge in [-0.3, -0.25) is 14.6 Å². The van der Waals surface area contributed by atoms with E-state index in [0.29, 0.717) is 32.5 Å². The number of aromatic hydroxyl groups is 1. The molecular weight excluding hydrogens is 518 g/mol. The van der Waals surface area contributed by atoms with Crippen LogP contribution < -0.4 is 5.32 Å². The number of hydrazine groups is 1. The van der Waals surface area contributed by atoms with E-state index >= 15 is 0 Å². The molecule has 0 spiro atoms. The number of phenolic OH excluding ortho intramolecular Hbond substituents is 1. The number of piperazine rings is 1. The van der Waals surface area contributed by atoms with Crippen LogP contribution in [0.2, 0.25) is 0 Å². The predicted octanol–water partition coefficient (Wildman–Crippen LogP) is 3.66. The van der Waals surface area contributed by atoms with Crippen LogP contribution in [0.1, 0.15) is 35.6 Å². The van der Waals surface area contributed by atoms with Crippen molar-refractivity contribution in [1.29, 1.82) is 0 Å². The molecule has 2 aliphatic heterocycles. The maximum Gasteiger partial charge on any atom is 0.332 e. The van der Waals surface area contributed by atoms with E-state index in [9.17, 15) is 19.5 Å². The normalized spacial score (nSPS) is 18.9. The molecule has 2 saturated heterocycles. The molecule has 0 radical (unpaired) electrons. The fourth-order valence-electron chi connectivity index (χ4n) is 5.66. The van der Waals surface area contributed by atoms with E-state index in [-0.39, 0.29) is 36.7 Å². The Kier molecular flexibility index (Phi) is 8.54. The van der Waals surface area contributed by atoms with Crippen LogP contribution in [0.3, 0.4) is 0 Å². The largest absolute Gasteiger partial charge is 0.508 e. The second-order valence-corrected chi connectivity index (χ2v) is 10.7. The number of hydrogen-bond donors (Lipinski definition) is 2. The number of urea groups is 1. The van der Waals surface area contributed by atoms with Crippen molar-refractivity contribution in [3.63, 3.8) is 0 Å². The summed E-state index contributed by atoms with van der Waals surface area (Å²) in [6, 6.07) is 23.4. The fourth-order valence-corrected chi connectivity index (χ4v) is 5.66. The molecule has 9 nitrogen and oxygen atoms in total. The number of phenols is 1. The molecule has 4 amide bonds. The third-order valence-electron chi connectivity index (χ3n) is 7.82. The molecule has 0 unspecified atom stereocenters. The van der Waals surface area contributed by atoms with E-state index in [1.165, 1.54) is 0 Å². The molecular formula is C32H37N5O4. The highest BCUT2D eigenvalue weighted by molar-refractivity contribution is 5.91. The molecule has 0 bridgehead atoms. The number of nitrogens with one attached hydrogen (secondary N) is 1. The zero-order valence-electron chi connectivity index (χ0n) is 23.6. The highest BCUT2D eigenvalue weighted by Gasteiger charge is 2.52. The summed E-state index contributed by atoms with van der Waals surface area (Å²) in [5.74, 6) is -0.161. The van der Waals surface area contributed by atoms with Gasteiger partial charge < -0.3 is 20.2 Å². The molecule has 41 heavy (non-hydrogen) atoms. The van der Waals surface area contributed by atoms with Gasteiger partial charge in [0.05, 0.1) is 13.1 Å². The minimum Gasteiger partial charge on any atom is -0.508 e. The summed E-state index contributed by atoms with van der Waals surface area (Å²) in [5, 5.41) is 16.2. The summed E-state index contributed by atoms with van der Waals surface area (Å²) in [6.45, 7) is 5.55. The van der Waals surface area contributed by atoms with Gasteiger partial charge >= 0.3 is 6.03 Å². The molecule has 5 rings (SSSR count). The third kappa shape index (κ3) is 6.20. The lowest BCUT2D eigenvalue weighted by Gasteiger charge is -2.46. The molecule has 0 aliphatic carbocycles. The number of aryl methyl sites for hydroxylation is 1. The fraction of sp³-hybridized carbons (Fsp3) is 0.344. The van der Waals surface area contributed by atoms with E-state index in [2.05, 4.69) is 5.32 Å². The first-order chi connectivity index (χ1) is 19.9. The van der Waals surface area contributed by atoms with Gasteiger partial charge in [-0.15, -0.1) is 0 Å². The van der Waals surface area contributed by atoms with Gasteiger partial charge in [-0.2, -0.15) is 5.01 Å². The van der Waals surface area contributed by atoms with Crippen LogP contribution in [-0.4, -0.2) is 74.6 Å². The number of amides is 4. The Morgan fingerprint density at radius 3 is 2.39 bits per heavy atom. The molecule has 3 aromatic rings. The minimum atomic E-state index is -0.726. The first-order valence-electron chi connectivity index (χ1n) is 14.1. The summed E-state index contributed by atoms with van der Waals surface area (Å²) < 4.78 is 0. The Morgan fingerprint density at radius 2 is 1.68 bits per heavy atom. The van der Waals surface area contributed by atoms with E-state index < -0.39 is 12.2 Å². The standard InChI is InChI=1S/C32H37N5O4/c1-3-17-35(32(41)33-19-25-10-5-4-6-11-25)36-22-30(39)37-28(18-24-13-15-27(38)16-14-24)31(40)34(21-29(36)37)20-26-12-8-7-9-23(26)2/h4-16,28-29,38H,3,17-22H2,1-2H3,(H,33,41)/t28-,29+/m0/s1. The van der Waals surface area contributed by atoms with Crippen LogP contribution in [0, 0.1) is 6.92 Å². The Labute approximate surface area is 240 Å². The Bertz CT molecular complexity index is 1380. The average Bonchev–Trinajstić information content (AvgIpc) is 3.30. The summed E-state index contributed by atoms with van der Waals surface area (Å²) in [6.07, 6.45) is 0.534. The lowest BCUT2D eigenvalue weighted by atomic mass is 9.99. The molecule has 2 atom stereocenters. The van der Waals surface area contributed by atoms with Crippen molar-refractivity contribution in [2.45, 2.75) is 52.0 Å². The van der Waals surface area contributed by atoms with Gasteiger partial charge in [-0.25, -0.2) is 4.79 Å². The third-order valence-corrected chi connectivity index (χ3v) is 7.82. The number of carbonyl (C=O) groups is 3. The Balaban J connectivity index is 1.44. The van der Waals surface area contributed by atoms with Crippen molar-refractivity contribution >= 4 is 17.8 Å². The first kappa shape index (κ1) is 28.2. The van der Waals surface area contributed by atoms with E-state index in [1.807, 2.05) is 78.4 Å². The number of carbonyl (C=O) groups excluding carboxylic acids is 3. The second-order valence-electron chi connectivity index (χ2n) is 10.7. The highest BCUT2D eigenvalue weighted by atomic mass is 16.3. The number of rotatable bonds is 9. The maximum absolute atomic E-state index is 14.0. The Morgan fingerprint density at radius 1 is 0.976 bits per heavy atom. The van der Waals surface area contributed by atoms with Crippen LogP contribution in [0.25, 0.3) is 0 Å². The predicted molar refractivity (Wildman–Crippen MR) is 155 cm³/mol. The zero-order valence-corrected chi connectivity index (χ0v) is 23.6. The number of hydrogen-bond acceptors (Lipinski definition) is 5. The van der Waals surface area contributed by atoms with E-state index in [0.717, 1.165) is 22.3 Å². The highest BCUT2D eigenvalue weighted by Crippen LogP contribution is 2.31. The molecule has 0 saturated carbocycles. The lowest BCUT2D eigenvalue weighted by Crippen LogP contribution is -2.66. The average molecular weight is 556 g/mol. The molecule has 2 N–H and O–H groups in total. The van der Waals surface area contributed by atoms with Gasteiger partial charge in [0.2, 0.25) is 11.8 Å². The second kappa shape index (κ2) is 12.4. The summed E-state index contributed by atoms with van der Waals surface area (Å²) in [4.78, 5) is 44.5. The van der Waals surface area contributed by atoms with Crippen LogP contribution in [0.15, 0.2) is 78.9 Å². The van der Waals surface area contributed by atoms with Crippen molar-refractivity contribution in [1.82, 2.24) is 25.1 Å². The van der Waals surface area contributed by atoms with Crippen molar-refractivity contribution in [3.8, 4) is 5.75 Å². The van der Waals surface area contributed by atoms with Gasteiger partial charge in [0.1, 0.15) is 18.0 Å². The molecule has 2 heterocycles. The number of benzene rings is 3. The lowest BCUT2D eigenvalue weighted by molar-refractivity contribution is -0.157. The topological polar surface area (TPSA) is 96.4 Å². The Hall–Kier alpha value is -4.37. The quantitative estimate of drug-likeness (QED) is 0.420. The minimum absolute atomic E-state index is 0.0149. The van der Waals surface area contributed by atoms with Crippen molar-refractivity contribution in [3.05, 3.63) is 101 Å². The van der Waals surface area contributed by atoms with E-state index in [4.69, 9.17) is 0 Å². The van der Waals surface area contributed by atoms with Crippen LogP contribution in [0.4, 0.5) is 4.79 Å². The van der Waals surface area contributed by atoms with Gasteiger partial charge in [-0.1, -0.05) is 73.7 Å². The van der Waals surface area contributed by atoms with Crippen molar-refractivity contribution in [2.24, 2.45) is 0 Å². The van der Waals surface area contributed by atoms with Gasteiger partial charge in [0.25, 0.3) is 0 Å². The van der Waals surface area contributed by atoms with Crippen molar-refractivity contribution < 1.29 is 19.5 Å². The number of nitrogens with zero attached hydrogens (tertiary/aromatic N) is 4. The maximum atomic E-state index is 14.0.